The Morgan fingerprint density at radius 3 is 2.04 bits per heavy atom. The highest BCUT2D eigenvalue weighted by atomic mass is 79.9. The molecule has 5 rings (SSSR count). The van der Waals surface area contributed by atoms with Crippen molar-refractivity contribution in [3.05, 3.63) is 95.9 Å². The average Bonchev–Trinajstić information content (AvgIpc) is 2.74. The van der Waals surface area contributed by atoms with Crippen LogP contribution in [0.1, 0.15) is 0 Å². The van der Waals surface area contributed by atoms with E-state index in [1.54, 1.807) is 0 Å². The highest BCUT2D eigenvalue weighted by Crippen LogP contribution is 2.37. The summed E-state index contributed by atoms with van der Waals surface area (Å²) < 4.78 is 0.820. The molecule has 0 aliphatic carbocycles. The lowest BCUT2D eigenvalue weighted by Crippen LogP contribution is -1.90. The van der Waals surface area contributed by atoms with Crippen molar-refractivity contribution in [2.45, 2.75) is 0 Å². The van der Waals surface area contributed by atoms with Gasteiger partial charge in [-0.1, -0.05) is 60.7 Å². The van der Waals surface area contributed by atoms with Crippen molar-refractivity contribution in [3.63, 3.8) is 0 Å². The predicted octanol–water partition coefficient (Wildman–Crippen LogP) is 6.88. The summed E-state index contributed by atoms with van der Waals surface area (Å²) in [5.41, 5.74) is 5.69. The number of nitrogens with zero attached hydrogens (tertiary/aromatic N) is 2. The standard InChI is InChI=1S/C24H15BrN2/c25-24-22-15-27-23-20(17-9-5-2-6-10-17)13-18(16-7-3-1-4-8-16)14-21(23)19(22)11-12-26-24/h1-15H. The Morgan fingerprint density at radius 2 is 1.30 bits per heavy atom. The third-order valence-corrected chi connectivity index (χ3v) is 5.49. The minimum absolute atomic E-state index is 0.820. The molecule has 5 aromatic rings. The number of benzene rings is 3. The Hall–Kier alpha value is -3.04. The number of pyridine rings is 2. The van der Waals surface area contributed by atoms with Gasteiger partial charge in [0.05, 0.1) is 5.52 Å². The second kappa shape index (κ2) is 6.60. The highest BCUT2D eigenvalue weighted by molar-refractivity contribution is 9.10. The number of halogens is 1. The van der Waals surface area contributed by atoms with E-state index in [9.17, 15) is 0 Å². The van der Waals surface area contributed by atoms with Crippen LogP contribution in [0.15, 0.2) is 95.9 Å². The van der Waals surface area contributed by atoms with Crippen molar-refractivity contribution < 1.29 is 0 Å². The molecule has 2 nitrogen and oxygen atoms in total. The Kier molecular flexibility index (Phi) is 3.95. The van der Waals surface area contributed by atoms with Crippen molar-refractivity contribution in [1.29, 1.82) is 0 Å². The fourth-order valence-corrected chi connectivity index (χ4v) is 3.98. The molecule has 0 spiro atoms. The van der Waals surface area contributed by atoms with Crippen LogP contribution in [0.3, 0.4) is 0 Å². The van der Waals surface area contributed by atoms with Gasteiger partial charge in [-0.3, -0.25) is 4.98 Å². The van der Waals surface area contributed by atoms with E-state index in [-0.39, 0.29) is 0 Å². The molecule has 0 fully saturated rings. The van der Waals surface area contributed by atoms with E-state index in [2.05, 4.69) is 87.6 Å². The second-order valence-corrected chi connectivity index (χ2v) is 7.22. The molecule has 0 saturated carbocycles. The Balaban J connectivity index is 1.93. The van der Waals surface area contributed by atoms with Gasteiger partial charge in [0.25, 0.3) is 0 Å². The summed E-state index contributed by atoms with van der Waals surface area (Å²) in [6.07, 6.45) is 3.74. The fraction of sp³-hybridized carbons (Fsp3) is 0. The predicted molar refractivity (Wildman–Crippen MR) is 116 cm³/mol. The van der Waals surface area contributed by atoms with Crippen molar-refractivity contribution >= 4 is 37.6 Å². The van der Waals surface area contributed by atoms with Crippen LogP contribution in [0.4, 0.5) is 0 Å². The van der Waals surface area contributed by atoms with Crippen LogP contribution >= 0.6 is 15.9 Å². The van der Waals surface area contributed by atoms with Gasteiger partial charge in [0.1, 0.15) is 4.60 Å². The van der Waals surface area contributed by atoms with E-state index in [0.29, 0.717) is 0 Å². The monoisotopic (exact) mass is 410 g/mol. The van der Waals surface area contributed by atoms with Crippen LogP contribution in [0, 0.1) is 0 Å². The lowest BCUT2D eigenvalue weighted by Gasteiger charge is -2.13. The molecule has 3 aromatic carbocycles. The molecule has 0 unspecified atom stereocenters. The summed E-state index contributed by atoms with van der Waals surface area (Å²) in [4.78, 5) is 9.16. The van der Waals surface area contributed by atoms with Crippen molar-refractivity contribution in [2.24, 2.45) is 0 Å². The first kappa shape index (κ1) is 16.2. The lowest BCUT2D eigenvalue weighted by molar-refractivity contribution is 1.30. The van der Waals surface area contributed by atoms with Gasteiger partial charge in [-0.2, -0.15) is 0 Å². The molecular formula is C24H15BrN2. The first-order chi connectivity index (χ1) is 13.3. The van der Waals surface area contributed by atoms with Crippen LogP contribution < -0.4 is 0 Å². The quantitative estimate of drug-likeness (QED) is 0.234. The molecule has 2 heterocycles. The summed E-state index contributed by atoms with van der Waals surface area (Å²) in [6, 6.07) is 27.5. The Labute approximate surface area is 165 Å². The first-order valence-corrected chi connectivity index (χ1v) is 9.58. The van der Waals surface area contributed by atoms with Gasteiger partial charge < -0.3 is 0 Å². The molecule has 0 aliphatic heterocycles. The van der Waals surface area contributed by atoms with E-state index in [0.717, 1.165) is 31.8 Å². The molecule has 0 radical (unpaired) electrons. The maximum atomic E-state index is 4.81. The van der Waals surface area contributed by atoms with Gasteiger partial charge in [-0.15, -0.1) is 0 Å². The molecule has 0 saturated heterocycles. The minimum Gasteiger partial charge on any atom is -0.255 e. The Morgan fingerprint density at radius 1 is 0.593 bits per heavy atom. The zero-order valence-corrected chi connectivity index (χ0v) is 16.0. The molecule has 3 heteroatoms. The maximum absolute atomic E-state index is 4.81. The second-order valence-electron chi connectivity index (χ2n) is 6.47. The topological polar surface area (TPSA) is 25.8 Å². The molecule has 0 aliphatic rings. The van der Waals surface area contributed by atoms with Gasteiger partial charge in [-0.05, 0) is 56.2 Å². The van der Waals surface area contributed by atoms with Gasteiger partial charge in [0.15, 0.2) is 0 Å². The molecule has 0 amide bonds. The van der Waals surface area contributed by atoms with Crippen molar-refractivity contribution in [2.75, 3.05) is 0 Å². The van der Waals surface area contributed by atoms with E-state index >= 15 is 0 Å². The summed E-state index contributed by atoms with van der Waals surface area (Å²) >= 11 is 3.56. The van der Waals surface area contributed by atoms with E-state index < -0.39 is 0 Å². The number of aromatic nitrogens is 2. The zero-order valence-electron chi connectivity index (χ0n) is 14.4. The van der Waals surface area contributed by atoms with Crippen LogP contribution in [0.2, 0.25) is 0 Å². The average molecular weight is 411 g/mol. The van der Waals surface area contributed by atoms with Gasteiger partial charge in [0, 0.05) is 28.7 Å². The molecule has 2 aromatic heterocycles. The largest absolute Gasteiger partial charge is 0.255 e. The summed E-state index contributed by atoms with van der Waals surface area (Å²) in [6.45, 7) is 0. The third kappa shape index (κ3) is 2.81. The zero-order chi connectivity index (χ0) is 18.2. The van der Waals surface area contributed by atoms with Crippen molar-refractivity contribution in [3.8, 4) is 22.3 Å². The van der Waals surface area contributed by atoms with Crippen LogP contribution in [0.5, 0.6) is 0 Å². The normalized spacial score (nSPS) is 11.1. The van der Waals surface area contributed by atoms with E-state index in [1.165, 1.54) is 16.7 Å². The summed E-state index contributed by atoms with van der Waals surface area (Å²) in [5.74, 6) is 0. The molecule has 27 heavy (non-hydrogen) atoms. The molecule has 0 N–H and O–H groups in total. The maximum Gasteiger partial charge on any atom is 0.115 e. The summed E-state index contributed by atoms with van der Waals surface area (Å²) in [7, 11) is 0. The highest BCUT2D eigenvalue weighted by Gasteiger charge is 2.13. The first-order valence-electron chi connectivity index (χ1n) is 8.79. The van der Waals surface area contributed by atoms with Crippen LogP contribution in [-0.2, 0) is 0 Å². The number of fused-ring (bicyclic) bond motifs is 3. The van der Waals surface area contributed by atoms with Gasteiger partial charge >= 0.3 is 0 Å². The minimum atomic E-state index is 0.820. The van der Waals surface area contributed by atoms with E-state index in [4.69, 9.17) is 4.98 Å². The third-order valence-electron chi connectivity index (χ3n) is 4.86. The number of hydrogen-bond acceptors (Lipinski definition) is 2. The molecule has 0 atom stereocenters. The van der Waals surface area contributed by atoms with Gasteiger partial charge in [0.2, 0.25) is 0 Å². The lowest BCUT2D eigenvalue weighted by atomic mass is 9.94. The van der Waals surface area contributed by atoms with Gasteiger partial charge in [-0.25, -0.2) is 4.98 Å². The van der Waals surface area contributed by atoms with Crippen LogP contribution in [-0.4, -0.2) is 9.97 Å². The molecule has 0 bridgehead atoms. The van der Waals surface area contributed by atoms with E-state index in [1.807, 2.05) is 24.5 Å². The number of hydrogen-bond donors (Lipinski definition) is 0. The smallest absolute Gasteiger partial charge is 0.115 e. The SMILES string of the molecule is Brc1nccc2c1cnc1c(-c3ccccc3)cc(-c3ccccc3)cc12. The summed E-state index contributed by atoms with van der Waals surface area (Å²) in [5, 5.41) is 3.31. The molecular weight excluding hydrogens is 396 g/mol. The number of rotatable bonds is 2. The van der Waals surface area contributed by atoms with Crippen molar-refractivity contribution in [1.82, 2.24) is 9.97 Å². The fourth-order valence-electron chi connectivity index (χ4n) is 3.55. The Bertz CT molecular complexity index is 1270. The van der Waals surface area contributed by atoms with Crippen LogP contribution in [0.25, 0.3) is 43.9 Å². The molecule has 128 valence electrons.